The minimum Gasteiger partial charge on any atom is -0.444 e. The van der Waals surface area contributed by atoms with E-state index in [9.17, 15) is 9.18 Å². The maximum absolute atomic E-state index is 14.5. The second-order valence-corrected chi connectivity index (χ2v) is 9.65. The summed E-state index contributed by atoms with van der Waals surface area (Å²) in [6, 6.07) is 9.28. The van der Waals surface area contributed by atoms with Crippen LogP contribution in [0.25, 0.3) is 11.0 Å². The van der Waals surface area contributed by atoms with Gasteiger partial charge in [0.05, 0.1) is 23.3 Å². The first-order valence-electron chi connectivity index (χ1n) is 11.1. The number of pyridine rings is 1. The predicted octanol–water partition coefficient (Wildman–Crippen LogP) is 4.41. The highest BCUT2D eigenvalue weighted by Crippen LogP contribution is 2.36. The van der Waals surface area contributed by atoms with Crippen LogP contribution in [0.1, 0.15) is 32.8 Å². The Morgan fingerprint density at radius 1 is 1.15 bits per heavy atom. The van der Waals surface area contributed by atoms with Crippen molar-refractivity contribution in [3.8, 4) is 0 Å². The van der Waals surface area contributed by atoms with Gasteiger partial charge in [-0.2, -0.15) is 0 Å². The summed E-state index contributed by atoms with van der Waals surface area (Å²) in [7, 11) is 0. The molecule has 2 fully saturated rings. The number of anilines is 3. The van der Waals surface area contributed by atoms with Crippen molar-refractivity contribution in [1.29, 1.82) is 0 Å². The number of hydrogen-bond donors (Lipinski definition) is 1. The Balaban J connectivity index is 1.39. The van der Waals surface area contributed by atoms with Crippen molar-refractivity contribution in [3.05, 3.63) is 48.0 Å². The number of hydrogen-bond acceptors (Lipinski definition) is 7. The molecule has 5 rings (SSSR count). The molecule has 172 valence electrons. The van der Waals surface area contributed by atoms with Crippen molar-refractivity contribution < 1.29 is 13.9 Å². The Kier molecular flexibility index (Phi) is 5.07. The Morgan fingerprint density at radius 2 is 1.97 bits per heavy atom. The van der Waals surface area contributed by atoms with Crippen molar-refractivity contribution in [1.82, 2.24) is 19.9 Å². The van der Waals surface area contributed by atoms with Gasteiger partial charge in [0.1, 0.15) is 29.1 Å². The number of amides is 1. The first-order chi connectivity index (χ1) is 15.7. The third-order valence-corrected chi connectivity index (χ3v) is 6.07. The Hall–Kier alpha value is -3.49. The smallest absolute Gasteiger partial charge is 0.410 e. The van der Waals surface area contributed by atoms with E-state index in [0.717, 1.165) is 12.2 Å². The molecular formula is C24H27FN6O2. The molecule has 3 aromatic rings. The molecule has 0 radical (unpaired) electrons. The number of nitrogens with one attached hydrogen (secondary N) is 1. The van der Waals surface area contributed by atoms with Crippen molar-refractivity contribution in [2.24, 2.45) is 0 Å². The standard InChI is InChI=1S/C24H27FN6O2/c1-14-6-5-7-17(20(14)25)28-22-21-18(26-13-27-22)8-9-19(29-21)30-11-16-10-15(30)12-31(16)23(32)33-24(2,3)4/h5-9,13,15-16H,10-12H2,1-4H3,(H,26,27,28)/t15-,16-/m0/s1. The van der Waals surface area contributed by atoms with Crippen LogP contribution < -0.4 is 10.2 Å². The van der Waals surface area contributed by atoms with Crippen molar-refractivity contribution in [2.45, 2.75) is 51.8 Å². The largest absolute Gasteiger partial charge is 0.444 e. The molecule has 2 saturated heterocycles. The lowest BCUT2D eigenvalue weighted by Crippen LogP contribution is -2.50. The van der Waals surface area contributed by atoms with E-state index in [1.807, 2.05) is 37.8 Å². The molecule has 0 aliphatic carbocycles. The van der Waals surface area contributed by atoms with Crippen LogP contribution in [0.3, 0.4) is 0 Å². The molecule has 2 aliphatic rings. The Morgan fingerprint density at radius 3 is 2.70 bits per heavy atom. The normalized spacial score (nSPS) is 19.9. The second kappa shape index (κ2) is 7.83. The van der Waals surface area contributed by atoms with Crippen molar-refractivity contribution >= 4 is 34.4 Å². The molecule has 2 atom stereocenters. The number of benzene rings is 1. The highest BCUT2D eigenvalue weighted by Gasteiger charge is 2.47. The number of halogens is 1. The monoisotopic (exact) mass is 450 g/mol. The van der Waals surface area contributed by atoms with Gasteiger partial charge in [0.15, 0.2) is 5.82 Å². The van der Waals surface area contributed by atoms with Crippen LogP contribution in [0, 0.1) is 12.7 Å². The molecule has 8 nitrogen and oxygen atoms in total. The van der Waals surface area contributed by atoms with Gasteiger partial charge in [-0.3, -0.25) is 0 Å². The molecule has 2 aromatic heterocycles. The number of piperazine rings is 1. The van der Waals surface area contributed by atoms with Crippen LogP contribution in [-0.2, 0) is 4.74 Å². The lowest BCUT2D eigenvalue weighted by Gasteiger charge is -2.35. The van der Waals surface area contributed by atoms with Gasteiger partial charge < -0.3 is 19.9 Å². The molecule has 33 heavy (non-hydrogen) atoms. The third kappa shape index (κ3) is 4.03. The van der Waals surface area contributed by atoms with Gasteiger partial charge in [-0.15, -0.1) is 0 Å². The van der Waals surface area contributed by atoms with Gasteiger partial charge >= 0.3 is 6.09 Å². The molecular weight excluding hydrogens is 423 g/mol. The van der Waals surface area contributed by atoms with E-state index in [2.05, 4.69) is 20.2 Å². The predicted molar refractivity (Wildman–Crippen MR) is 124 cm³/mol. The summed E-state index contributed by atoms with van der Waals surface area (Å²) in [4.78, 5) is 30.1. The molecule has 0 spiro atoms. The molecule has 1 N–H and O–H groups in total. The van der Waals surface area contributed by atoms with E-state index >= 15 is 0 Å². The fraction of sp³-hybridized carbons (Fsp3) is 0.417. The minimum absolute atomic E-state index is 0.0911. The van der Waals surface area contributed by atoms with E-state index < -0.39 is 5.60 Å². The van der Waals surface area contributed by atoms with Crippen LogP contribution in [0.5, 0.6) is 0 Å². The molecule has 0 saturated carbocycles. The minimum atomic E-state index is -0.515. The molecule has 2 aliphatic heterocycles. The first-order valence-corrected chi connectivity index (χ1v) is 11.1. The van der Waals surface area contributed by atoms with Crippen LogP contribution in [0.15, 0.2) is 36.7 Å². The SMILES string of the molecule is Cc1cccc(Nc2ncnc3ccc(N4C[C@@H]5C[C@H]4CN5C(=O)OC(C)(C)C)nc23)c1F. The molecule has 2 bridgehead atoms. The summed E-state index contributed by atoms with van der Waals surface area (Å²) in [6.07, 6.45) is 2.06. The number of aromatic nitrogens is 3. The zero-order chi connectivity index (χ0) is 23.3. The lowest BCUT2D eigenvalue weighted by molar-refractivity contribution is 0.0214. The van der Waals surface area contributed by atoms with Gasteiger partial charge in [-0.05, 0) is 57.9 Å². The van der Waals surface area contributed by atoms with E-state index in [-0.39, 0.29) is 24.0 Å². The van der Waals surface area contributed by atoms with Gasteiger partial charge in [0.25, 0.3) is 0 Å². The zero-order valence-corrected chi connectivity index (χ0v) is 19.2. The van der Waals surface area contributed by atoms with Gasteiger partial charge in [0.2, 0.25) is 0 Å². The maximum atomic E-state index is 14.5. The van der Waals surface area contributed by atoms with E-state index in [4.69, 9.17) is 9.72 Å². The number of ether oxygens (including phenoxy) is 1. The quantitative estimate of drug-likeness (QED) is 0.633. The van der Waals surface area contributed by atoms with Gasteiger partial charge in [0, 0.05) is 13.1 Å². The second-order valence-electron chi connectivity index (χ2n) is 9.65. The highest BCUT2D eigenvalue weighted by atomic mass is 19.1. The van der Waals surface area contributed by atoms with E-state index in [1.165, 1.54) is 6.33 Å². The number of rotatable bonds is 3. The zero-order valence-electron chi connectivity index (χ0n) is 19.2. The highest BCUT2D eigenvalue weighted by molar-refractivity contribution is 5.88. The molecule has 1 aromatic carbocycles. The summed E-state index contributed by atoms with van der Waals surface area (Å²) in [5.41, 5.74) is 1.62. The van der Waals surface area contributed by atoms with E-state index in [0.29, 0.717) is 41.2 Å². The summed E-state index contributed by atoms with van der Waals surface area (Å²) in [6.45, 7) is 8.63. The Labute approximate surface area is 191 Å². The van der Waals surface area contributed by atoms with Crippen LogP contribution >= 0.6 is 0 Å². The number of fused-ring (bicyclic) bond motifs is 3. The number of carbonyl (C=O) groups is 1. The van der Waals surface area contributed by atoms with Crippen molar-refractivity contribution in [3.63, 3.8) is 0 Å². The van der Waals surface area contributed by atoms with E-state index in [1.54, 1.807) is 25.1 Å². The third-order valence-electron chi connectivity index (χ3n) is 6.07. The number of aryl methyl sites for hydroxylation is 1. The number of likely N-dealkylation sites (tertiary alicyclic amines) is 1. The number of nitrogens with zero attached hydrogens (tertiary/aromatic N) is 5. The summed E-state index contributed by atoms with van der Waals surface area (Å²) >= 11 is 0. The first kappa shape index (κ1) is 21.4. The average Bonchev–Trinajstić information content (AvgIpc) is 3.37. The molecule has 9 heteroatoms. The molecule has 0 unspecified atom stereocenters. The topological polar surface area (TPSA) is 83.5 Å². The maximum Gasteiger partial charge on any atom is 0.410 e. The van der Waals surface area contributed by atoms with Gasteiger partial charge in [-0.1, -0.05) is 12.1 Å². The summed E-state index contributed by atoms with van der Waals surface area (Å²) in [5, 5.41) is 3.07. The summed E-state index contributed by atoms with van der Waals surface area (Å²) < 4.78 is 20.1. The molecule has 1 amide bonds. The van der Waals surface area contributed by atoms with Crippen LogP contribution in [-0.4, -0.2) is 56.7 Å². The fourth-order valence-electron chi connectivity index (χ4n) is 4.54. The average molecular weight is 451 g/mol. The molecule has 4 heterocycles. The lowest BCUT2D eigenvalue weighted by atomic mass is 10.2. The van der Waals surface area contributed by atoms with Gasteiger partial charge in [-0.25, -0.2) is 24.1 Å². The van der Waals surface area contributed by atoms with Crippen LogP contribution in [0.2, 0.25) is 0 Å². The Bertz CT molecular complexity index is 1230. The number of carbonyl (C=O) groups excluding carboxylic acids is 1. The van der Waals surface area contributed by atoms with Crippen LogP contribution in [0.4, 0.5) is 26.5 Å². The van der Waals surface area contributed by atoms with Crippen molar-refractivity contribution in [2.75, 3.05) is 23.3 Å². The fourth-order valence-corrected chi connectivity index (χ4v) is 4.54. The summed E-state index contributed by atoms with van der Waals surface area (Å²) in [5.74, 6) is 0.923.